The summed E-state index contributed by atoms with van der Waals surface area (Å²) in [5, 5.41) is 3.97. The Kier molecular flexibility index (Phi) is 4.63. The van der Waals surface area contributed by atoms with Crippen molar-refractivity contribution in [2.45, 2.75) is 6.92 Å². The number of nitrogens with one attached hydrogen (secondary N) is 1. The maximum absolute atomic E-state index is 11.5. The topological polar surface area (TPSA) is 46.2 Å². The molecule has 0 saturated heterocycles. The van der Waals surface area contributed by atoms with E-state index in [1.165, 1.54) is 13.1 Å². The summed E-state index contributed by atoms with van der Waals surface area (Å²) in [6.07, 6.45) is 1.45. The van der Waals surface area contributed by atoms with Gasteiger partial charge in [-0.2, -0.15) is 0 Å². The van der Waals surface area contributed by atoms with Gasteiger partial charge >= 0.3 is 0 Å². The molecular formula is C11H11NO2S. The van der Waals surface area contributed by atoms with Crippen LogP contribution in [0.4, 0.5) is 0 Å². The lowest BCUT2D eigenvalue weighted by Crippen LogP contribution is -2.11. The van der Waals surface area contributed by atoms with E-state index in [9.17, 15) is 9.59 Å². The summed E-state index contributed by atoms with van der Waals surface area (Å²) in [4.78, 5) is 22.0. The van der Waals surface area contributed by atoms with Gasteiger partial charge in [-0.25, -0.2) is 0 Å². The Morgan fingerprint density at radius 1 is 1.27 bits per heavy atom. The van der Waals surface area contributed by atoms with Gasteiger partial charge in [-0.3, -0.25) is 9.59 Å². The zero-order chi connectivity index (χ0) is 11.1. The molecule has 1 amide bonds. The van der Waals surface area contributed by atoms with Crippen molar-refractivity contribution in [3.63, 3.8) is 0 Å². The molecule has 0 aliphatic rings. The highest BCUT2D eigenvalue weighted by molar-refractivity contribution is 8.16. The second kappa shape index (κ2) is 6.03. The van der Waals surface area contributed by atoms with Gasteiger partial charge in [0.15, 0.2) is 0 Å². The number of hydrogen-bond acceptors (Lipinski definition) is 3. The van der Waals surface area contributed by atoms with Gasteiger partial charge in [-0.05, 0) is 5.41 Å². The summed E-state index contributed by atoms with van der Waals surface area (Å²) in [5.41, 5.74) is 0.648. The summed E-state index contributed by atoms with van der Waals surface area (Å²) in [5.74, 6) is -0.154. The SMILES string of the molecule is CC(=O)N/C=C\SC(=O)c1ccccc1. The normalized spacial score (nSPS) is 10.2. The molecule has 4 heteroatoms. The summed E-state index contributed by atoms with van der Waals surface area (Å²) >= 11 is 1.04. The van der Waals surface area contributed by atoms with E-state index in [0.717, 1.165) is 11.8 Å². The second-order valence-electron chi connectivity index (χ2n) is 2.77. The molecule has 1 aromatic rings. The van der Waals surface area contributed by atoms with Crippen LogP contribution in [0.2, 0.25) is 0 Å². The van der Waals surface area contributed by atoms with Crippen LogP contribution in [-0.2, 0) is 4.79 Å². The predicted molar refractivity (Wildman–Crippen MR) is 61.3 cm³/mol. The molecule has 0 saturated carbocycles. The number of carbonyl (C=O) groups is 2. The molecular weight excluding hydrogens is 210 g/mol. The van der Waals surface area contributed by atoms with E-state index in [1.54, 1.807) is 17.5 Å². The largest absolute Gasteiger partial charge is 0.332 e. The van der Waals surface area contributed by atoms with Crippen molar-refractivity contribution >= 4 is 22.8 Å². The van der Waals surface area contributed by atoms with Crippen molar-refractivity contribution in [2.24, 2.45) is 0 Å². The Bertz CT molecular complexity index is 373. The average Bonchev–Trinajstić information content (AvgIpc) is 2.25. The lowest BCUT2D eigenvalue weighted by Gasteiger charge is -1.95. The Hall–Kier alpha value is -1.55. The molecule has 0 aliphatic heterocycles. The summed E-state index contributed by atoms with van der Waals surface area (Å²) in [7, 11) is 0. The molecule has 0 atom stereocenters. The van der Waals surface area contributed by atoms with Crippen LogP contribution in [0, 0.1) is 0 Å². The molecule has 0 spiro atoms. The van der Waals surface area contributed by atoms with E-state index in [-0.39, 0.29) is 11.0 Å². The van der Waals surface area contributed by atoms with Crippen LogP contribution in [0.5, 0.6) is 0 Å². The molecule has 0 fully saturated rings. The van der Waals surface area contributed by atoms with Gasteiger partial charge < -0.3 is 5.32 Å². The van der Waals surface area contributed by atoms with E-state index in [0.29, 0.717) is 5.56 Å². The first-order valence-electron chi connectivity index (χ1n) is 4.38. The Morgan fingerprint density at radius 2 is 1.93 bits per heavy atom. The van der Waals surface area contributed by atoms with Gasteiger partial charge in [-0.1, -0.05) is 42.1 Å². The van der Waals surface area contributed by atoms with Crippen LogP contribution in [0.1, 0.15) is 17.3 Å². The highest BCUT2D eigenvalue weighted by Gasteiger charge is 2.02. The van der Waals surface area contributed by atoms with Crippen LogP contribution in [0.15, 0.2) is 41.9 Å². The highest BCUT2D eigenvalue weighted by Crippen LogP contribution is 2.12. The summed E-state index contributed by atoms with van der Waals surface area (Å²) in [6, 6.07) is 8.98. The Balaban J connectivity index is 2.44. The third kappa shape index (κ3) is 4.46. The predicted octanol–water partition coefficient (Wildman–Crippen LogP) is 2.17. The minimum absolute atomic E-state index is 0.0443. The van der Waals surface area contributed by atoms with Crippen molar-refractivity contribution in [1.82, 2.24) is 5.32 Å². The monoisotopic (exact) mass is 221 g/mol. The molecule has 0 unspecified atom stereocenters. The number of carbonyl (C=O) groups excluding carboxylic acids is 2. The Morgan fingerprint density at radius 3 is 2.53 bits per heavy atom. The number of thioether (sulfide) groups is 1. The van der Waals surface area contributed by atoms with E-state index in [4.69, 9.17) is 0 Å². The fourth-order valence-corrected chi connectivity index (χ4v) is 1.42. The molecule has 1 aromatic carbocycles. The van der Waals surface area contributed by atoms with Crippen LogP contribution < -0.4 is 5.32 Å². The van der Waals surface area contributed by atoms with Crippen molar-refractivity contribution in [3.8, 4) is 0 Å². The Labute approximate surface area is 92.6 Å². The van der Waals surface area contributed by atoms with E-state index in [1.807, 2.05) is 18.2 Å². The van der Waals surface area contributed by atoms with Crippen molar-refractivity contribution in [1.29, 1.82) is 0 Å². The van der Waals surface area contributed by atoms with E-state index >= 15 is 0 Å². The first-order valence-corrected chi connectivity index (χ1v) is 5.26. The molecule has 0 aliphatic carbocycles. The number of rotatable bonds is 3. The molecule has 78 valence electrons. The van der Waals surface area contributed by atoms with Gasteiger partial charge in [0.05, 0.1) is 0 Å². The molecule has 0 heterocycles. The van der Waals surface area contributed by atoms with Crippen molar-refractivity contribution < 1.29 is 9.59 Å². The lowest BCUT2D eigenvalue weighted by atomic mass is 10.2. The molecule has 15 heavy (non-hydrogen) atoms. The first kappa shape index (κ1) is 11.5. The average molecular weight is 221 g/mol. The fraction of sp³-hybridized carbons (Fsp3) is 0.0909. The van der Waals surface area contributed by atoms with Crippen LogP contribution in [0.25, 0.3) is 0 Å². The van der Waals surface area contributed by atoms with Crippen LogP contribution in [-0.4, -0.2) is 11.0 Å². The van der Waals surface area contributed by atoms with E-state index in [2.05, 4.69) is 5.32 Å². The van der Waals surface area contributed by atoms with Crippen LogP contribution >= 0.6 is 11.8 Å². The lowest BCUT2D eigenvalue weighted by molar-refractivity contribution is -0.118. The number of amides is 1. The fourth-order valence-electron chi connectivity index (χ4n) is 0.889. The number of benzene rings is 1. The second-order valence-corrected chi connectivity index (χ2v) is 3.65. The standard InChI is InChI=1S/C11H11NO2S/c1-9(13)12-7-8-15-11(14)10-5-3-2-4-6-10/h2-8H,1H3,(H,12,13)/b8-7-. The first-order chi connectivity index (χ1) is 7.20. The van der Waals surface area contributed by atoms with Crippen molar-refractivity contribution in [2.75, 3.05) is 0 Å². The third-order valence-electron chi connectivity index (χ3n) is 1.54. The zero-order valence-electron chi connectivity index (χ0n) is 8.27. The minimum atomic E-state index is -0.154. The highest BCUT2D eigenvalue weighted by atomic mass is 32.2. The smallest absolute Gasteiger partial charge is 0.223 e. The molecule has 0 radical (unpaired) electrons. The van der Waals surface area contributed by atoms with Gasteiger partial charge in [0.2, 0.25) is 11.0 Å². The third-order valence-corrected chi connectivity index (χ3v) is 2.26. The molecule has 3 nitrogen and oxygen atoms in total. The molecule has 0 bridgehead atoms. The molecule has 0 aromatic heterocycles. The number of hydrogen-bond donors (Lipinski definition) is 1. The molecule has 1 N–H and O–H groups in total. The summed E-state index contributed by atoms with van der Waals surface area (Å²) in [6.45, 7) is 1.41. The van der Waals surface area contributed by atoms with Crippen LogP contribution in [0.3, 0.4) is 0 Å². The van der Waals surface area contributed by atoms with Gasteiger partial charge in [-0.15, -0.1) is 0 Å². The summed E-state index contributed by atoms with van der Waals surface area (Å²) < 4.78 is 0. The minimum Gasteiger partial charge on any atom is -0.332 e. The maximum atomic E-state index is 11.5. The maximum Gasteiger partial charge on any atom is 0.223 e. The molecule has 1 rings (SSSR count). The van der Waals surface area contributed by atoms with E-state index < -0.39 is 0 Å². The zero-order valence-corrected chi connectivity index (χ0v) is 9.08. The van der Waals surface area contributed by atoms with Crippen molar-refractivity contribution in [3.05, 3.63) is 47.5 Å². The quantitative estimate of drug-likeness (QED) is 0.850. The van der Waals surface area contributed by atoms with Gasteiger partial charge in [0.1, 0.15) is 0 Å². The van der Waals surface area contributed by atoms with Gasteiger partial charge in [0, 0.05) is 18.7 Å². The van der Waals surface area contributed by atoms with Gasteiger partial charge in [0.25, 0.3) is 0 Å².